The molecule has 0 saturated carbocycles. The summed E-state index contributed by atoms with van der Waals surface area (Å²) in [6.45, 7) is 11.2. The lowest BCUT2D eigenvalue weighted by Crippen LogP contribution is -2.53. The number of hydrogen-bond acceptors (Lipinski definition) is 2. The van der Waals surface area contributed by atoms with Crippen LogP contribution in [-0.4, -0.2) is 19.0 Å². The molecule has 1 aromatic carbocycles. The molecule has 0 N–H and O–H groups in total. The van der Waals surface area contributed by atoms with E-state index in [1.807, 2.05) is 0 Å². The second kappa shape index (κ2) is 3.95. The lowest BCUT2D eigenvalue weighted by Gasteiger charge is -2.42. The summed E-state index contributed by atoms with van der Waals surface area (Å²) in [5.41, 5.74) is 5.82. The largest absolute Gasteiger partial charge is 0.378 e. The van der Waals surface area contributed by atoms with E-state index in [2.05, 4.69) is 33.8 Å². The van der Waals surface area contributed by atoms with Gasteiger partial charge in [0.15, 0.2) is 0 Å². The average molecular weight is 232 g/mol. The predicted molar refractivity (Wildman–Crippen MR) is 68.6 cm³/mol. The Morgan fingerprint density at radius 2 is 1.59 bits per heavy atom. The minimum atomic E-state index is -0.384. The second-order valence-corrected chi connectivity index (χ2v) is 5.27. The van der Waals surface area contributed by atoms with Crippen LogP contribution in [0.2, 0.25) is 0 Å². The quantitative estimate of drug-likeness (QED) is 0.783. The van der Waals surface area contributed by atoms with Gasteiger partial charge < -0.3 is 4.74 Å². The maximum Gasteiger partial charge on any atom is 0.145 e. The summed E-state index contributed by atoms with van der Waals surface area (Å²) < 4.78 is 5.32. The van der Waals surface area contributed by atoms with Crippen LogP contribution in [-0.2, 0) is 14.9 Å². The van der Waals surface area contributed by atoms with Crippen molar-refractivity contribution < 1.29 is 9.53 Å². The van der Waals surface area contributed by atoms with Crippen LogP contribution in [0.25, 0.3) is 0 Å². The van der Waals surface area contributed by atoms with Crippen LogP contribution in [0.4, 0.5) is 0 Å². The van der Waals surface area contributed by atoms with Crippen molar-refractivity contribution >= 4 is 5.78 Å². The highest BCUT2D eigenvalue weighted by atomic mass is 16.5. The number of rotatable bonds is 2. The maximum absolute atomic E-state index is 12.0. The zero-order valence-corrected chi connectivity index (χ0v) is 11.3. The Labute approximate surface area is 103 Å². The molecule has 0 aliphatic carbocycles. The molecule has 17 heavy (non-hydrogen) atoms. The van der Waals surface area contributed by atoms with Crippen molar-refractivity contribution in [2.24, 2.45) is 0 Å². The first-order valence-corrected chi connectivity index (χ1v) is 6.07. The van der Waals surface area contributed by atoms with E-state index in [0.29, 0.717) is 13.2 Å². The Morgan fingerprint density at radius 3 is 1.88 bits per heavy atom. The molecule has 1 aliphatic rings. The predicted octanol–water partition coefficient (Wildman–Crippen LogP) is 2.78. The summed E-state index contributed by atoms with van der Waals surface area (Å²) in [7, 11) is 0. The first-order valence-electron chi connectivity index (χ1n) is 6.07. The fourth-order valence-electron chi connectivity index (χ4n) is 2.76. The molecule has 0 bridgehead atoms. The monoisotopic (exact) mass is 232 g/mol. The number of carbonyl (C=O) groups is 1. The van der Waals surface area contributed by atoms with E-state index in [4.69, 9.17) is 4.74 Å². The van der Waals surface area contributed by atoms with Crippen LogP contribution >= 0.6 is 0 Å². The Hall–Kier alpha value is -1.15. The molecule has 1 aliphatic heterocycles. The molecule has 2 nitrogen and oxygen atoms in total. The Balaban J connectivity index is 2.70. The number of benzene rings is 1. The van der Waals surface area contributed by atoms with Gasteiger partial charge in [0.25, 0.3) is 0 Å². The highest BCUT2D eigenvalue weighted by Gasteiger charge is 2.47. The molecule has 0 aromatic heterocycles. The summed E-state index contributed by atoms with van der Waals surface area (Å²) in [6.07, 6.45) is 0. The molecule has 0 atom stereocenters. The topological polar surface area (TPSA) is 26.3 Å². The van der Waals surface area contributed by atoms with Gasteiger partial charge in [0.2, 0.25) is 0 Å². The third-order valence-electron chi connectivity index (χ3n) is 4.22. The fraction of sp³-hybridized carbons (Fsp3) is 0.533. The van der Waals surface area contributed by atoms with E-state index in [-0.39, 0.29) is 11.2 Å². The highest BCUT2D eigenvalue weighted by molar-refractivity contribution is 5.90. The van der Waals surface area contributed by atoms with E-state index >= 15 is 0 Å². The first-order chi connectivity index (χ1) is 7.90. The summed E-state index contributed by atoms with van der Waals surface area (Å²) in [4.78, 5) is 12.0. The molecular formula is C15H20O2. The van der Waals surface area contributed by atoms with E-state index in [1.54, 1.807) is 6.92 Å². The van der Waals surface area contributed by atoms with Crippen molar-refractivity contribution in [1.29, 1.82) is 0 Å². The molecular weight excluding hydrogens is 212 g/mol. The Morgan fingerprint density at radius 1 is 1.12 bits per heavy atom. The summed E-state index contributed by atoms with van der Waals surface area (Å²) in [5.74, 6) is 0.222. The molecule has 0 unspecified atom stereocenters. The van der Waals surface area contributed by atoms with Gasteiger partial charge in [-0.2, -0.15) is 0 Å². The van der Waals surface area contributed by atoms with Crippen molar-refractivity contribution in [3.05, 3.63) is 33.9 Å². The number of Topliss-reactive ketones (excluding diaryl/α,β-unsaturated/α-hetero) is 1. The zero-order chi connectivity index (χ0) is 12.8. The average Bonchev–Trinajstić information content (AvgIpc) is 2.18. The van der Waals surface area contributed by atoms with Gasteiger partial charge in [0.1, 0.15) is 11.2 Å². The van der Waals surface area contributed by atoms with Gasteiger partial charge in [-0.3, -0.25) is 4.79 Å². The molecule has 2 rings (SSSR count). The summed E-state index contributed by atoms with van der Waals surface area (Å²) in [5, 5.41) is 0. The molecule has 0 radical (unpaired) electrons. The van der Waals surface area contributed by atoms with Gasteiger partial charge in [0.05, 0.1) is 13.2 Å². The van der Waals surface area contributed by atoms with E-state index in [1.165, 1.54) is 27.8 Å². The van der Waals surface area contributed by atoms with Gasteiger partial charge in [-0.1, -0.05) is 6.07 Å². The lowest BCUT2D eigenvalue weighted by atomic mass is 9.70. The summed E-state index contributed by atoms with van der Waals surface area (Å²) in [6, 6.07) is 2.20. The van der Waals surface area contributed by atoms with Crippen LogP contribution < -0.4 is 0 Å². The molecule has 92 valence electrons. The van der Waals surface area contributed by atoms with Crippen molar-refractivity contribution in [2.45, 2.75) is 40.0 Å². The number of ketones is 1. The zero-order valence-electron chi connectivity index (χ0n) is 11.3. The number of ether oxygens (including phenoxy) is 1. The fourth-order valence-corrected chi connectivity index (χ4v) is 2.76. The first kappa shape index (κ1) is 12.3. The van der Waals surface area contributed by atoms with E-state index < -0.39 is 0 Å². The van der Waals surface area contributed by atoms with Crippen LogP contribution in [0.3, 0.4) is 0 Å². The normalized spacial score (nSPS) is 17.7. The van der Waals surface area contributed by atoms with Crippen molar-refractivity contribution in [2.75, 3.05) is 13.2 Å². The number of aryl methyl sites for hydroxylation is 2. The number of carbonyl (C=O) groups excluding carboxylic acids is 1. The van der Waals surface area contributed by atoms with Crippen LogP contribution in [0.15, 0.2) is 6.07 Å². The van der Waals surface area contributed by atoms with Gasteiger partial charge in [-0.15, -0.1) is 0 Å². The highest BCUT2D eigenvalue weighted by Crippen LogP contribution is 2.39. The minimum absolute atomic E-state index is 0.222. The number of hydrogen-bond donors (Lipinski definition) is 0. The third kappa shape index (κ3) is 1.62. The van der Waals surface area contributed by atoms with Gasteiger partial charge >= 0.3 is 0 Å². The SMILES string of the molecule is CC(=O)C1(c2c(C)c(C)cc(C)c2C)COC1. The van der Waals surface area contributed by atoms with Crippen LogP contribution in [0.5, 0.6) is 0 Å². The molecule has 2 heteroatoms. The molecule has 1 fully saturated rings. The Kier molecular flexibility index (Phi) is 2.86. The van der Waals surface area contributed by atoms with Crippen LogP contribution in [0.1, 0.15) is 34.7 Å². The van der Waals surface area contributed by atoms with E-state index in [9.17, 15) is 4.79 Å². The molecule has 1 heterocycles. The smallest absolute Gasteiger partial charge is 0.145 e. The van der Waals surface area contributed by atoms with E-state index in [0.717, 1.165) is 0 Å². The minimum Gasteiger partial charge on any atom is -0.378 e. The van der Waals surface area contributed by atoms with Gasteiger partial charge in [0, 0.05) is 0 Å². The Bertz CT molecular complexity index is 456. The maximum atomic E-state index is 12.0. The second-order valence-electron chi connectivity index (χ2n) is 5.27. The van der Waals surface area contributed by atoms with Crippen molar-refractivity contribution in [3.63, 3.8) is 0 Å². The van der Waals surface area contributed by atoms with Crippen molar-refractivity contribution in [1.82, 2.24) is 0 Å². The van der Waals surface area contributed by atoms with Crippen LogP contribution in [0, 0.1) is 27.7 Å². The lowest BCUT2D eigenvalue weighted by molar-refractivity contribution is -0.140. The molecule has 0 amide bonds. The molecule has 1 aromatic rings. The van der Waals surface area contributed by atoms with Gasteiger partial charge in [-0.25, -0.2) is 0 Å². The standard InChI is InChI=1S/C15H20O2/c1-9-6-10(2)12(4)14(11(9)3)15(13(5)16)7-17-8-15/h6H,7-8H2,1-5H3. The third-order valence-corrected chi connectivity index (χ3v) is 4.22. The summed E-state index contributed by atoms with van der Waals surface area (Å²) >= 11 is 0. The molecule has 1 saturated heterocycles. The van der Waals surface area contributed by atoms with Gasteiger partial charge in [-0.05, 0) is 62.4 Å². The van der Waals surface area contributed by atoms with Crippen molar-refractivity contribution in [3.8, 4) is 0 Å². The molecule has 0 spiro atoms.